The molecule has 0 aromatic heterocycles. The van der Waals surface area contributed by atoms with Crippen LogP contribution >= 0.6 is 0 Å². The smallest absolute Gasteiger partial charge is 0.0430 e. The van der Waals surface area contributed by atoms with E-state index in [4.69, 9.17) is 0 Å². The molecule has 0 unspecified atom stereocenters. The Morgan fingerprint density at radius 3 is 1.93 bits per heavy atom. The van der Waals surface area contributed by atoms with Crippen LogP contribution < -0.4 is 4.90 Å². The third-order valence-electron chi connectivity index (χ3n) is 2.34. The Bertz CT molecular complexity index is 394. The molecule has 75 valence electrons. The van der Waals surface area contributed by atoms with Gasteiger partial charge >= 0.3 is 0 Å². The van der Waals surface area contributed by atoms with E-state index in [1.807, 2.05) is 41.3 Å². The lowest BCUT2D eigenvalue weighted by atomic mass is 10.2. The Morgan fingerprint density at radius 1 is 0.800 bits per heavy atom. The number of nitrogens with zero attached hydrogens (tertiary/aromatic N) is 1. The van der Waals surface area contributed by atoms with Gasteiger partial charge in [-0.25, -0.2) is 0 Å². The van der Waals surface area contributed by atoms with Crippen LogP contribution in [0, 0.1) is 7.05 Å². The Morgan fingerprint density at radius 2 is 1.33 bits per heavy atom. The lowest BCUT2D eigenvalue weighted by Crippen LogP contribution is -2.13. The van der Waals surface area contributed by atoms with Gasteiger partial charge in [0.2, 0.25) is 0 Å². The molecule has 0 fully saturated rings. The monoisotopic (exact) mass is 196 g/mol. The van der Waals surface area contributed by atoms with Crippen LogP contribution in [0.2, 0.25) is 0 Å². The van der Waals surface area contributed by atoms with E-state index in [-0.39, 0.29) is 0 Å². The average Bonchev–Trinajstić information content (AvgIpc) is 2.31. The average molecular weight is 196 g/mol. The van der Waals surface area contributed by atoms with E-state index in [1.165, 1.54) is 5.56 Å². The molecule has 0 amide bonds. The summed E-state index contributed by atoms with van der Waals surface area (Å²) in [5, 5.41) is 0. The number of anilines is 1. The van der Waals surface area contributed by atoms with Crippen LogP contribution in [0.15, 0.2) is 60.7 Å². The zero-order valence-corrected chi connectivity index (χ0v) is 8.63. The second kappa shape index (κ2) is 4.65. The Hall–Kier alpha value is -1.76. The SMILES string of the molecule is [CH2]N(Cc1ccccc1)c1ccccc1. The van der Waals surface area contributed by atoms with E-state index in [1.54, 1.807) is 0 Å². The van der Waals surface area contributed by atoms with Crippen molar-refractivity contribution >= 4 is 5.69 Å². The normalized spacial score (nSPS) is 9.93. The fraction of sp³-hybridized carbons (Fsp3) is 0.0714. The van der Waals surface area contributed by atoms with Gasteiger partial charge in [0.1, 0.15) is 0 Å². The minimum Gasteiger partial charge on any atom is -0.365 e. The van der Waals surface area contributed by atoms with Gasteiger partial charge in [-0.05, 0) is 17.7 Å². The summed E-state index contributed by atoms with van der Waals surface area (Å²) in [6.07, 6.45) is 0. The standard InChI is InChI=1S/C14H14N/c1-15(14-10-6-3-7-11-14)12-13-8-4-2-5-9-13/h2-11H,1,12H2. The Balaban J connectivity index is 2.08. The molecule has 0 saturated heterocycles. The summed E-state index contributed by atoms with van der Waals surface area (Å²) in [6.45, 7) is 0.838. The van der Waals surface area contributed by atoms with Crippen molar-refractivity contribution in [3.63, 3.8) is 0 Å². The molecule has 0 aliphatic carbocycles. The maximum atomic E-state index is 4.04. The molecule has 2 aromatic carbocycles. The lowest BCUT2D eigenvalue weighted by molar-refractivity contribution is 0.965. The molecule has 1 heteroatoms. The third-order valence-corrected chi connectivity index (χ3v) is 2.34. The highest BCUT2D eigenvalue weighted by molar-refractivity contribution is 5.46. The van der Waals surface area contributed by atoms with Crippen LogP contribution in [0.3, 0.4) is 0 Å². The number of hydrogen-bond donors (Lipinski definition) is 0. The summed E-state index contributed by atoms with van der Waals surface area (Å²) >= 11 is 0. The second-order valence-corrected chi connectivity index (χ2v) is 3.52. The molecule has 1 nitrogen and oxygen atoms in total. The van der Waals surface area contributed by atoms with E-state index in [2.05, 4.69) is 31.3 Å². The van der Waals surface area contributed by atoms with Gasteiger partial charge in [-0.1, -0.05) is 48.5 Å². The van der Waals surface area contributed by atoms with Crippen molar-refractivity contribution in [1.29, 1.82) is 0 Å². The summed E-state index contributed by atoms with van der Waals surface area (Å²) in [7, 11) is 4.04. The summed E-state index contributed by atoms with van der Waals surface area (Å²) < 4.78 is 0. The van der Waals surface area contributed by atoms with Gasteiger partial charge in [0.05, 0.1) is 0 Å². The van der Waals surface area contributed by atoms with Crippen molar-refractivity contribution in [3.8, 4) is 0 Å². The van der Waals surface area contributed by atoms with Crippen molar-refractivity contribution in [2.45, 2.75) is 6.54 Å². The van der Waals surface area contributed by atoms with Gasteiger partial charge in [-0.2, -0.15) is 0 Å². The predicted molar refractivity (Wildman–Crippen MR) is 64.4 cm³/mol. The largest absolute Gasteiger partial charge is 0.365 e. The molecule has 0 N–H and O–H groups in total. The lowest BCUT2D eigenvalue weighted by Gasteiger charge is -2.18. The fourth-order valence-electron chi connectivity index (χ4n) is 1.53. The molecule has 0 atom stereocenters. The van der Waals surface area contributed by atoms with Gasteiger partial charge in [0.15, 0.2) is 0 Å². The van der Waals surface area contributed by atoms with Crippen LogP contribution in [-0.4, -0.2) is 0 Å². The van der Waals surface area contributed by atoms with Crippen molar-refractivity contribution in [1.82, 2.24) is 0 Å². The van der Waals surface area contributed by atoms with Gasteiger partial charge in [0, 0.05) is 19.3 Å². The number of rotatable bonds is 3. The van der Waals surface area contributed by atoms with Gasteiger partial charge in [-0.15, -0.1) is 0 Å². The summed E-state index contributed by atoms with van der Waals surface area (Å²) in [5.41, 5.74) is 2.41. The van der Waals surface area contributed by atoms with Crippen molar-refractivity contribution in [3.05, 3.63) is 73.3 Å². The molecular formula is C14H14N. The van der Waals surface area contributed by atoms with Gasteiger partial charge in [-0.3, -0.25) is 0 Å². The topological polar surface area (TPSA) is 3.24 Å². The molecule has 15 heavy (non-hydrogen) atoms. The Labute approximate surface area is 91.0 Å². The van der Waals surface area contributed by atoms with Crippen LogP contribution in [0.1, 0.15) is 5.56 Å². The van der Waals surface area contributed by atoms with Crippen LogP contribution in [-0.2, 0) is 6.54 Å². The molecule has 2 aromatic rings. The molecule has 0 aliphatic rings. The van der Waals surface area contributed by atoms with Crippen molar-refractivity contribution in [2.24, 2.45) is 0 Å². The highest BCUT2D eigenvalue weighted by Crippen LogP contribution is 2.14. The summed E-state index contributed by atoms with van der Waals surface area (Å²) in [5.74, 6) is 0. The molecule has 0 saturated carbocycles. The molecule has 2 rings (SSSR count). The number of para-hydroxylation sites is 1. The minimum atomic E-state index is 0.838. The zero-order valence-electron chi connectivity index (χ0n) is 8.63. The third kappa shape index (κ3) is 2.59. The minimum absolute atomic E-state index is 0.838. The van der Waals surface area contributed by atoms with Gasteiger partial charge < -0.3 is 4.90 Å². The van der Waals surface area contributed by atoms with E-state index in [0.717, 1.165) is 12.2 Å². The first-order valence-electron chi connectivity index (χ1n) is 5.03. The quantitative estimate of drug-likeness (QED) is 0.726. The molecule has 0 heterocycles. The molecule has 0 bridgehead atoms. The first kappa shape index (κ1) is 9.78. The number of benzene rings is 2. The fourth-order valence-corrected chi connectivity index (χ4v) is 1.53. The highest BCUT2D eigenvalue weighted by atomic mass is 15.1. The number of hydrogen-bond acceptors (Lipinski definition) is 1. The maximum absolute atomic E-state index is 4.04. The van der Waals surface area contributed by atoms with E-state index < -0.39 is 0 Å². The van der Waals surface area contributed by atoms with Gasteiger partial charge in [0.25, 0.3) is 0 Å². The predicted octanol–water partition coefficient (Wildman–Crippen LogP) is 3.48. The molecule has 1 radical (unpaired) electrons. The Kier molecular flexibility index (Phi) is 3.03. The van der Waals surface area contributed by atoms with E-state index in [9.17, 15) is 0 Å². The van der Waals surface area contributed by atoms with Crippen LogP contribution in [0.5, 0.6) is 0 Å². The summed E-state index contributed by atoms with van der Waals surface area (Å²) in [4.78, 5) is 2.00. The van der Waals surface area contributed by atoms with Crippen molar-refractivity contribution in [2.75, 3.05) is 4.90 Å². The van der Waals surface area contributed by atoms with E-state index in [0.29, 0.717) is 0 Å². The first-order valence-corrected chi connectivity index (χ1v) is 5.03. The summed E-state index contributed by atoms with van der Waals surface area (Å²) in [6, 6.07) is 20.5. The van der Waals surface area contributed by atoms with Crippen LogP contribution in [0.25, 0.3) is 0 Å². The maximum Gasteiger partial charge on any atom is 0.0430 e. The van der Waals surface area contributed by atoms with E-state index >= 15 is 0 Å². The molecular weight excluding hydrogens is 182 g/mol. The zero-order chi connectivity index (χ0) is 10.5. The highest BCUT2D eigenvalue weighted by Gasteiger charge is 2.00. The first-order chi connectivity index (χ1) is 7.36. The van der Waals surface area contributed by atoms with Crippen molar-refractivity contribution < 1.29 is 0 Å². The van der Waals surface area contributed by atoms with Crippen LogP contribution in [0.4, 0.5) is 5.69 Å². The molecule has 0 aliphatic heterocycles. The second-order valence-electron chi connectivity index (χ2n) is 3.52. The molecule has 0 spiro atoms.